The summed E-state index contributed by atoms with van der Waals surface area (Å²) in [6, 6.07) is 0.507. The molecule has 0 aromatic heterocycles. The zero-order valence-electron chi connectivity index (χ0n) is 13.4. The van der Waals surface area contributed by atoms with Crippen molar-refractivity contribution in [1.29, 1.82) is 0 Å². The summed E-state index contributed by atoms with van der Waals surface area (Å²) in [7, 11) is 4.26. The monoisotopic (exact) mass is 384 g/mol. The van der Waals surface area contributed by atoms with Crippen molar-refractivity contribution in [3.8, 4) is 0 Å². The summed E-state index contributed by atoms with van der Waals surface area (Å²) in [4.78, 5) is 6.61. The molecule has 0 saturated carbocycles. The summed E-state index contributed by atoms with van der Waals surface area (Å²) in [5.74, 6) is 1.82. The molecule has 0 amide bonds. The molecule has 0 aliphatic rings. The highest BCUT2D eigenvalue weighted by atomic mass is 127. The average Bonchev–Trinajstić information content (AvgIpc) is 2.31. The quantitative estimate of drug-likeness (QED) is 0.384. The van der Waals surface area contributed by atoms with Crippen molar-refractivity contribution in [1.82, 2.24) is 10.2 Å². The van der Waals surface area contributed by atoms with E-state index in [1.807, 2.05) is 0 Å². The van der Waals surface area contributed by atoms with Crippen molar-refractivity contribution in [2.45, 2.75) is 46.6 Å². The lowest BCUT2D eigenvalue weighted by atomic mass is 9.93. The van der Waals surface area contributed by atoms with Gasteiger partial charge in [-0.05, 0) is 25.9 Å². The van der Waals surface area contributed by atoms with Crippen LogP contribution in [0.25, 0.3) is 0 Å². The van der Waals surface area contributed by atoms with Crippen molar-refractivity contribution >= 4 is 29.9 Å². The maximum Gasteiger partial charge on any atom is 0.188 e. The Hall–Kier alpha value is -0.0400. The highest BCUT2D eigenvalue weighted by molar-refractivity contribution is 14.0. The molecule has 0 saturated heterocycles. The molecule has 0 spiro atoms. The topological polar surface area (TPSA) is 53.6 Å². The first kappa shape index (κ1) is 21.3. The second-order valence-corrected chi connectivity index (χ2v) is 5.61. The van der Waals surface area contributed by atoms with Crippen LogP contribution in [-0.2, 0) is 0 Å². The Morgan fingerprint density at radius 3 is 2.11 bits per heavy atom. The summed E-state index contributed by atoms with van der Waals surface area (Å²) in [5.41, 5.74) is 5.87. The molecule has 0 aromatic carbocycles. The fourth-order valence-electron chi connectivity index (χ4n) is 2.15. The van der Waals surface area contributed by atoms with Crippen LogP contribution in [0, 0.1) is 11.8 Å². The van der Waals surface area contributed by atoms with Crippen LogP contribution in [0.1, 0.15) is 40.5 Å². The summed E-state index contributed by atoms with van der Waals surface area (Å²) < 4.78 is 0. The minimum Gasteiger partial charge on any atom is -0.370 e. The minimum atomic E-state index is 0. The first-order chi connectivity index (χ1) is 8.42. The number of rotatable bonds is 8. The molecule has 116 valence electrons. The lowest BCUT2D eigenvalue weighted by Gasteiger charge is -2.31. The van der Waals surface area contributed by atoms with Crippen LogP contribution in [0.3, 0.4) is 0 Å². The van der Waals surface area contributed by atoms with Crippen molar-refractivity contribution < 1.29 is 0 Å². The zero-order valence-corrected chi connectivity index (χ0v) is 15.8. The molecule has 3 N–H and O–H groups in total. The molecule has 0 aliphatic carbocycles. The van der Waals surface area contributed by atoms with Gasteiger partial charge in [0.25, 0.3) is 0 Å². The van der Waals surface area contributed by atoms with Gasteiger partial charge in [0, 0.05) is 19.1 Å². The molecule has 5 heteroatoms. The summed E-state index contributed by atoms with van der Waals surface area (Å²) >= 11 is 0. The lowest BCUT2D eigenvalue weighted by molar-refractivity contribution is 0.200. The number of halogens is 1. The van der Waals surface area contributed by atoms with E-state index >= 15 is 0 Å². The number of nitrogens with zero attached hydrogens (tertiary/aromatic N) is 2. The summed E-state index contributed by atoms with van der Waals surface area (Å²) in [6.07, 6.45) is 2.40. The largest absolute Gasteiger partial charge is 0.370 e. The van der Waals surface area contributed by atoms with Gasteiger partial charge in [0.1, 0.15) is 0 Å². The molecular formula is C14H33IN4. The predicted molar refractivity (Wildman–Crippen MR) is 96.3 cm³/mol. The van der Waals surface area contributed by atoms with Gasteiger partial charge >= 0.3 is 0 Å². The van der Waals surface area contributed by atoms with E-state index in [1.54, 1.807) is 0 Å². The number of aliphatic imine (C=N–C) groups is 1. The molecular weight excluding hydrogens is 351 g/mol. The Balaban J connectivity index is 0. The Kier molecular flexibility index (Phi) is 13.2. The van der Waals surface area contributed by atoms with Crippen molar-refractivity contribution in [3.63, 3.8) is 0 Å². The van der Waals surface area contributed by atoms with Gasteiger partial charge in [0.2, 0.25) is 0 Å². The van der Waals surface area contributed by atoms with Crippen molar-refractivity contribution in [3.05, 3.63) is 0 Å². The maximum atomic E-state index is 5.87. The van der Waals surface area contributed by atoms with E-state index in [2.05, 4.69) is 57.0 Å². The first-order valence-electron chi connectivity index (χ1n) is 7.12. The molecule has 19 heavy (non-hydrogen) atoms. The lowest BCUT2D eigenvalue weighted by Crippen LogP contribution is -2.46. The highest BCUT2D eigenvalue weighted by Gasteiger charge is 2.20. The molecule has 0 bridgehead atoms. The normalized spacial score (nSPS) is 13.8. The number of nitrogens with two attached hydrogens (primary N) is 1. The third kappa shape index (κ3) is 9.49. The van der Waals surface area contributed by atoms with Crippen LogP contribution in [0.4, 0.5) is 0 Å². The van der Waals surface area contributed by atoms with Crippen molar-refractivity contribution in [2.24, 2.45) is 22.6 Å². The SMILES string of the molecule is CCC(CC)C(CNC(N)=NCC(C)C)N(C)C.I. The van der Waals surface area contributed by atoms with Gasteiger partial charge in [0.05, 0.1) is 0 Å². The molecule has 1 unspecified atom stereocenters. The zero-order chi connectivity index (χ0) is 14.1. The fourth-order valence-corrected chi connectivity index (χ4v) is 2.15. The average molecular weight is 384 g/mol. The Labute approximate surface area is 136 Å². The van der Waals surface area contributed by atoms with E-state index in [4.69, 9.17) is 5.73 Å². The third-order valence-corrected chi connectivity index (χ3v) is 3.38. The molecule has 0 rings (SSSR count). The van der Waals surface area contributed by atoms with E-state index < -0.39 is 0 Å². The van der Waals surface area contributed by atoms with E-state index in [-0.39, 0.29) is 24.0 Å². The molecule has 1 atom stereocenters. The van der Waals surface area contributed by atoms with E-state index in [0.717, 1.165) is 13.1 Å². The van der Waals surface area contributed by atoms with Crippen molar-refractivity contribution in [2.75, 3.05) is 27.2 Å². The van der Waals surface area contributed by atoms with Crippen LogP contribution in [0.15, 0.2) is 4.99 Å². The summed E-state index contributed by atoms with van der Waals surface area (Å²) in [5, 5.41) is 3.25. The second kappa shape index (κ2) is 11.8. The number of hydrogen-bond acceptors (Lipinski definition) is 2. The van der Waals surface area contributed by atoms with E-state index in [0.29, 0.717) is 23.8 Å². The fraction of sp³-hybridized carbons (Fsp3) is 0.929. The molecule has 0 aromatic rings. The van der Waals surface area contributed by atoms with Gasteiger partial charge < -0.3 is 16.0 Å². The Bertz CT molecular complexity index is 238. The van der Waals surface area contributed by atoms with Gasteiger partial charge in [-0.15, -0.1) is 24.0 Å². The molecule has 0 radical (unpaired) electrons. The standard InChI is InChI=1S/C14H32N4.HI/c1-7-12(8-2)13(18(5)6)10-17-14(15)16-9-11(3)4;/h11-13H,7-10H2,1-6H3,(H3,15,16,17);1H. The summed E-state index contributed by atoms with van der Waals surface area (Å²) in [6.45, 7) is 10.4. The van der Waals surface area contributed by atoms with Gasteiger partial charge in [-0.1, -0.05) is 40.5 Å². The van der Waals surface area contributed by atoms with Crippen LogP contribution >= 0.6 is 24.0 Å². The smallest absolute Gasteiger partial charge is 0.188 e. The third-order valence-electron chi connectivity index (χ3n) is 3.38. The van der Waals surface area contributed by atoms with Crippen LogP contribution in [-0.4, -0.2) is 44.1 Å². The number of guanidine groups is 1. The van der Waals surface area contributed by atoms with E-state index in [9.17, 15) is 0 Å². The number of hydrogen-bond donors (Lipinski definition) is 2. The van der Waals surface area contributed by atoms with Gasteiger partial charge in [0.15, 0.2) is 5.96 Å². The predicted octanol–water partition coefficient (Wildman–Crippen LogP) is 2.53. The van der Waals surface area contributed by atoms with Crippen LogP contribution < -0.4 is 11.1 Å². The number of nitrogens with one attached hydrogen (secondary N) is 1. The Morgan fingerprint density at radius 2 is 1.74 bits per heavy atom. The Morgan fingerprint density at radius 1 is 1.21 bits per heavy atom. The molecule has 0 aliphatic heterocycles. The first-order valence-corrected chi connectivity index (χ1v) is 7.12. The van der Waals surface area contributed by atoms with Crippen LogP contribution in [0.5, 0.6) is 0 Å². The molecule has 0 fully saturated rings. The maximum absolute atomic E-state index is 5.87. The van der Waals surface area contributed by atoms with E-state index in [1.165, 1.54) is 12.8 Å². The molecule has 0 heterocycles. The minimum absolute atomic E-state index is 0. The van der Waals surface area contributed by atoms with Crippen LogP contribution in [0.2, 0.25) is 0 Å². The second-order valence-electron chi connectivity index (χ2n) is 5.61. The molecule has 4 nitrogen and oxygen atoms in total. The van der Waals surface area contributed by atoms with Gasteiger partial charge in [-0.25, -0.2) is 0 Å². The van der Waals surface area contributed by atoms with Gasteiger partial charge in [-0.2, -0.15) is 0 Å². The van der Waals surface area contributed by atoms with Gasteiger partial charge in [-0.3, -0.25) is 4.99 Å². The number of likely N-dealkylation sites (N-methyl/N-ethyl adjacent to an activating group) is 1. The highest BCUT2D eigenvalue weighted by Crippen LogP contribution is 2.16.